The van der Waals surface area contributed by atoms with Crippen molar-refractivity contribution >= 4 is 17.7 Å². The zero-order valence-electron chi connectivity index (χ0n) is 39.1. The summed E-state index contributed by atoms with van der Waals surface area (Å²) in [6, 6.07) is -0.616. The van der Waals surface area contributed by atoms with Crippen LogP contribution in [0.15, 0.2) is 12.2 Å². The predicted octanol–water partition coefficient (Wildman–Crippen LogP) is 7.75. The largest absolute Gasteiger partial charge is 0.481 e. The molecule has 0 aromatic heterocycles. The fourth-order valence-corrected chi connectivity index (χ4v) is 11.4. The van der Waals surface area contributed by atoms with Crippen molar-refractivity contribution < 1.29 is 53.4 Å². The van der Waals surface area contributed by atoms with E-state index in [1.54, 1.807) is 6.92 Å². The number of ether oxygens (including phenoxy) is 5. The lowest BCUT2D eigenvalue weighted by atomic mass is 9.72. The first kappa shape index (κ1) is 49.1. The van der Waals surface area contributed by atoms with Crippen LogP contribution in [0.2, 0.25) is 0 Å². The number of aliphatic carboxylic acids is 1. The highest BCUT2D eigenvalue weighted by Crippen LogP contribution is 2.54. The van der Waals surface area contributed by atoms with Gasteiger partial charge in [-0.05, 0) is 95.0 Å². The fraction of sp³-hybridized carbons (Fsp3) is 0.896. The van der Waals surface area contributed by atoms with Gasteiger partial charge in [0.05, 0.1) is 53.7 Å². The molecule has 5 heterocycles. The Bertz CT molecular complexity index is 1550. The van der Waals surface area contributed by atoms with Gasteiger partial charge in [-0.15, -0.1) is 0 Å². The van der Waals surface area contributed by atoms with Crippen molar-refractivity contribution in [2.45, 2.75) is 226 Å². The first-order valence-corrected chi connectivity index (χ1v) is 23.4. The summed E-state index contributed by atoms with van der Waals surface area (Å²) in [6.07, 6.45) is 7.11. The molecular formula is C48H81NO11. The Morgan fingerprint density at radius 1 is 0.883 bits per heavy atom. The van der Waals surface area contributed by atoms with Crippen LogP contribution in [-0.2, 0) is 38.1 Å². The number of ketones is 1. The minimum Gasteiger partial charge on any atom is -0.481 e. The second-order valence-electron chi connectivity index (χ2n) is 21.3. The number of nitrogens with one attached hydrogen (secondary N) is 1. The number of carboxylic acid groups (broad SMARTS) is 1. The summed E-state index contributed by atoms with van der Waals surface area (Å²) in [5.41, 5.74) is -1.91. The number of carbonyl (C=O) groups excluding carboxylic acids is 2. The third-order valence-electron chi connectivity index (χ3n) is 15.5. The van der Waals surface area contributed by atoms with Crippen LogP contribution in [-0.4, -0.2) is 98.4 Å². The molecule has 344 valence electrons. The van der Waals surface area contributed by atoms with Gasteiger partial charge in [-0.3, -0.25) is 14.4 Å². The van der Waals surface area contributed by atoms with E-state index in [1.807, 2.05) is 74.5 Å². The number of hydrogen-bond acceptors (Lipinski definition) is 10. The highest BCUT2D eigenvalue weighted by Gasteiger charge is 2.63. The van der Waals surface area contributed by atoms with Gasteiger partial charge in [-0.1, -0.05) is 82.2 Å². The SMILES string of the molecule is CC[C@@H](C(=O)[C@@H](C)[C@@H](O)[C@H](C)[C@@H]1O[C@@H]([C@@H](CC)C(=O)O)CC[C@@H]1C)[C@H]1O[C@]2(C=C[C@@H](NC(=O)CC(C)(C)C)[C@]3(CC[C@@](C)([C@H]4CC[C@](O)(CC)[C@H](C)O4)O3)O2)[C@H](C)C[C@@H]1C. The molecule has 5 aliphatic rings. The standard InChI is InChI=1S/C48H81NO11/c1-14-33(43(53)54)35-18-17-27(4)41(57-35)31(8)39(51)30(7)40(52)34(15-2)42-28(5)25-29(6)47(58-42)22-19-36(49-38(50)26-44(10,11)12)48(60-47)24-23-45(13,59-48)37-20-21-46(55,16-3)32(9)56-37/h19,22,27-37,39,41-42,51,55H,14-18,20-21,23-26H2,1-13H3,(H,49,50)(H,53,54)/t27-,28-,29+,30-,31-,32-,33+,34-,35+,36+,37+,39+,41+,42-,45-,46+,47-,48-/m0/s1. The van der Waals surface area contributed by atoms with E-state index in [-0.39, 0.29) is 53.2 Å². The van der Waals surface area contributed by atoms with Gasteiger partial charge in [0.15, 0.2) is 11.6 Å². The van der Waals surface area contributed by atoms with E-state index in [4.69, 9.17) is 23.7 Å². The van der Waals surface area contributed by atoms with E-state index in [0.717, 1.165) is 6.42 Å². The van der Waals surface area contributed by atoms with Gasteiger partial charge in [0.2, 0.25) is 5.91 Å². The number of carboxylic acids is 1. The van der Waals surface area contributed by atoms with Gasteiger partial charge in [-0.25, -0.2) is 0 Å². The minimum atomic E-state index is -1.29. The lowest BCUT2D eigenvalue weighted by Crippen LogP contribution is -2.65. The average Bonchev–Trinajstić information content (AvgIpc) is 3.52. The molecule has 0 aromatic rings. The molecule has 0 unspecified atom stereocenters. The highest BCUT2D eigenvalue weighted by atomic mass is 16.8. The molecule has 12 nitrogen and oxygen atoms in total. The van der Waals surface area contributed by atoms with Crippen LogP contribution in [0.3, 0.4) is 0 Å². The maximum atomic E-state index is 14.7. The van der Waals surface area contributed by atoms with Crippen molar-refractivity contribution in [1.82, 2.24) is 5.32 Å². The Labute approximate surface area is 360 Å². The number of aliphatic hydroxyl groups excluding tert-OH is 1. The first-order valence-electron chi connectivity index (χ1n) is 23.4. The monoisotopic (exact) mass is 848 g/mol. The molecule has 0 aliphatic carbocycles. The molecule has 5 aliphatic heterocycles. The van der Waals surface area contributed by atoms with Gasteiger partial charge >= 0.3 is 5.97 Å². The Kier molecular flexibility index (Phi) is 15.3. The Morgan fingerprint density at radius 2 is 1.55 bits per heavy atom. The van der Waals surface area contributed by atoms with Gasteiger partial charge < -0.3 is 44.3 Å². The lowest BCUT2D eigenvalue weighted by Gasteiger charge is -2.55. The van der Waals surface area contributed by atoms with Crippen LogP contribution in [0.4, 0.5) is 0 Å². The molecule has 5 rings (SSSR count). The molecule has 0 radical (unpaired) electrons. The van der Waals surface area contributed by atoms with Crippen LogP contribution in [0.1, 0.15) is 161 Å². The molecule has 12 heteroatoms. The number of hydrogen-bond donors (Lipinski definition) is 4. The summed E-state index contributed by atoms with van der Waals surface area (Å²) >= 11 is 0. The summed E-state index contributed by atoms with van der Waals surface area (Å²) in [4.78, 5) is 40.2. The summed E-state index contributed by atoms with van der Waals surface area (Å²) in [5.74, 6) is -5.96. The fourth-order valence-electron chi connectivity index (χ4n) is 11.4. The predicted molar refractivity (Wildman–Crippen MR) is 229 cm³/mol. The Morgan fingerprint density at radius 3 is 2.13 bits per heavy atom. The Hall–Kier alpha value is -1.93. The maximum absolute atomic E-state index is 14.7. The molecule has 1 amide bonds. The molecule has 4 N–H and O–H groups in total. The van der Waals surface area contributed by atoms with Gasteiger partial charge in [0.25, 0.3) is 0 Å². The topological polar surface area (TPSA) is 170 Å². The molecular weight excluding hydrogens is 767 g/mol. The van der Waals surface area contributed by atoms with E-state index in [9.17, 15) is 29.7 Å². The van der Waals surface area contributed by atoms with E-state index < -0.39 is 76.8 Å². The summed E-state index contributed by atoms with van der Waals surface area (Å²) in [7, 11) is 0. The van der Waals surface area contributed by atoms with Crippen molar-refractivity contribution in [2.75, 3.05) is 0 Å². The summed E-state index contributed by atoms with van der Waals surface area (Å²) in [5, 5.41) is 36.2. The molecule has 4 saturated heterocycles. The summed E-state index contributed by atoms with van der Waals surface area (Å²) in [6.45, 7) is 25.8. The molecule has 2 spiro atoms. The first-order chi connectivity index (χ1) is 27.9. The molecule has 4 fully saturated rings. The van der Waals surface area contributed by atoms with E-state index in [1.165, 1.54) is 0 Å². The van der Waals surface area contributed by atoms with Crippen LogP contribution in [0, 0.1) is 46.8 Å². The van der Waals surface area contributed by atoms with E-state index >= 15 is 0 Å². The quantitative estimate of drug-likeness (QED) is 0.126. The average molecular weight is 848 g/mol. The van der Waals surface area contributed by atoms with Crippen molar-refractivity contribution in [1.29, 1.82) is 0 Å². The van der Waals surface area contributed by atoms with Gasteiger partial charge in [0, 0.05) is 36.5 Å². The number of rotatable bonds is 14. The molecule has 18 atom stereocenters. The minimum absolute atomic E-state index is 0.00731. The van der Waals surface area contributed by atoms with E-state index in [0.29, 0.717) is 64.2 Å². The Balaban J connectivity index is 1.40. The van der Waals surface area contributed by atoms with Crippen LogP contribution < -0.4 is 5.32 Å². The number of carbonyl (C=O) groups is 3. The second-order valence-corrected chi connectivity index (χ2v) is 21.3. The smallest absolute Gasteiger partial charge is 0.309 e. The molecule has 60 heavy (non-hydrogen) atoms. The number of amides is 1. The van der Waals surface area contributed by atoms with Gasteiger partial charge in [0.1, 0.15) is 11.8 Å². The zero-order valence-corrected chi connectivity index (χ0v) is 39.1. The summed E-state index contributed by atoms with van der Waals surface area (Å²) < 4.78 is 34.6. The second kappa shape index (κ2) is 18.7. The van der Waals surface area contributed by atoms with Crippen molar-refractivity contribution in [3.8, 4) is 0 Å². The number of aliphatic hydroxyl groups is 2. The lowest BCUT2D eigenvalue weighted by molar-refractivity contribution is -0.398. The third kappa shape index (κ3) is 9.90. The molecule has 0 aromatic carbocycles. The molecule has 0 bridgehead atoms. The van der Waals surface area contributed by atoms with E-state index in [2.05, 4.69) is 26.1 Å². The highest BCUT2D eigenvalue weighted by molar-refractivity contribution is 5.84. The number of Topliss-reactive ketones (excluding diaryl/α,β-unsaturated/α-hetero) is 1. The van der Waals surface area contributed by atoms with Crippen molar-refractivity contribution in [3.05, 3.63) is 12.2 Å². The van der Waals surface area contributed by atoms with Crippen LogP contribution in [0.25, 0.3) is 0 Å². The zero-order chi connectivity index (χ0) is 44.7. The van der Waals surface area contributed by atoms with Crippen molar-refractivity contribution in [3.63, 3.8) is 0 Å². The van der Waals surface area contributed by atoms with Crippen molar-refractivity contribution in [2.24, 2.45) is 46.8 Å². The molecule has 0 saturated carbocycles. The van der Waals surface area contributed by atoms with Crippen LogP contribution in [0.5, 0.6) is 0 Å². The normalized spacial score (nSPS) is 42.4. The third-order valence-corrected chi connectivity index (χ3v) is 15.5. The maximum Gasteiger partial charge on any atom is 0.309 e. The van der Waals surface area contributed by atoms with Crippen LogP contribution >= 0.6 is 0 Å². The van der Waals surface area contributed by atoms with Gasteiger partial charge in [-0.2, -0.15) is 0 Å².